The van der Waals surface area contributed by atoms with Gasteiger partial charge in [0.25, 0.3) is 0 Å². The maximum absolute atomic E-state index is 12.7. The Hall–Kier alpha value is -2.48. The van der Waals surface area contributed by atoms with Crippen molar-refractivity contribution in [1.29, 1.82) is 0 Å². The fourth-order valence-corrected chi connectivity index (χ4v) is 4.56. The van der Waals surface area contributed by atoms with Crippen molar-refractivity contribution in [2.75, 3.05) is 13.7 Å². The van der Waals surface area contributed by atoms with Crippen LogP contribution >= 0.6 is 11.8 Å². The average molecular weight is 419 g/mol. The fourth-order valence-electron chi connectivity index (χ4n) is 3.38. The Kier molecular flexibility index (Phi) is 6.84. The number of methoxy groups -OCH3 is 1. The van der Waals surface area contributed by atoms with Gasteiger partial charge < -0.3 is 19.7 Å². The van der Waals surface area contributed by atoms with E-state index in [0.717, 1.165) is 23.3 Å². The van der Waals surface area contributed by atoms with E-state index in [1.165, 1.54) is 16.7 Å². The Morgan fingerprint density at radius 2 is 1.97 bits per heavy atom. The van der Waals surface area contributed by atoms with Gasteiger partial charge in [0.05, 0.1) is 13.7 Å². The van der Waals surface area contributed by atoms with Crippen molar-refractivity contribution < 1.29 is 23.9 Å². The predicted molar refractivity (Wildman–Crippen MR) is 110 cm³/mol. The molecule has 1 unspecified atom stereocenters. The van der Waals surface area contributed by atoms with Gasteiger partial charge in [-0.3, -0.25) is 9.59 Å². The standard InChI is InChI=1S/C21H26N2O5S/c1-4-11-28-21(26)18-13(2)12-29-20-17(19(25)23(18)20)22-16(24)10-7-14-5-8-15(27-3)9-6-14/h5-6,8-9,12,17-18,20H,4,7,10-11H2,1-3H3,(H,22,24)/t17-,18?,20-/m1/s1. The molecule has 3 rings (SSSR count). The minimum Gasteiger partial charge on any atom is -0.497 e. The molecule has 1 aromatic rings. The molecular weight excluding hydrogens is 392 g/mol. The number of thioether (sulfide) groups is 1. The largest absolute Gasteiger partial charge is 0.497 e. The van der Waals surface area contributed by atoms with E-state index in [1.807, 2.05) is 43.5 Å². The summed E-state index contributed by atoms with van der Waals surface area (Å²) in [5, 5.41) is 4.41. The summed E-state index contributed by atoms with van der Waals surface area (Å²) < 4.78 is 10.4. The number of β-lactam (4-membered cyclic amide) rings is 1. The Balaban J connectivity index is 1.55. The van der Waals surface area contributed by atoms with Crippen molar-refractivity contribution in [2.24, 2.45) is 0 Å². The van der Waals surface area contributed by atoms with Crippen molar-refractivity contribution in [2.45, 2.75) is 50.6 Å². The number of benzene rings is 1. The molecule has 29 heavy (non-hydrogen) atoms. The predicted octanol–water partition coefficient (Wildman–Crippen LogP) is 2.25. The number of hydrogen-bond donors (Lipinski definition) is 1. The molecule has 1 aromatic carbocycles. The first-order chi connectivity index (χ1) is 14.0. The normalized spacial score (nSPS) is 22.9. The molecule has 1 saturated heterocycles. The summed E-state index contributed by atoms with van der Waals surface area (Å²) in [6, 6.07) is 6.22. The molecule has 7 nitrogen and oxygen atoms in total. The topological polar surface area (TPSA) is 84.9 Å². The van der Waals surface area contributed by atoms with E-state index < -0.39 is 18.1 Å². The fraction of sp³-hybridized carbons (Fsp3) is 0.476. The van der Waals surface area contributed by atoms with Gasteiger partial charge in [0, 0.05) is 6.42 Å². The number of nitrogens with one attached hydrogen (secondary N) is 1. The molecule has 2 aliphatic rings. The van der Waals surface area contributed by atoms with Crippen LogP contribution in [0.5, 0.6) is 5.75 Å². The lowest BCUT2D eigenvalue weighted by molar-refractivity contribution is -0.163. The number of rotatable bonds is 8. The van der Waals surface area contributed by atoms with Gasteiger partial charge in [-0.2, -0.15) is 0 Å². The molecule has 0 radical (unpaired) electrons. The number of carbonyl (C=O) groups is 3. The minimum absolute atomic E-state index is 0.184. The van der Waals surface area contributed by atoms with E-state index >= 15 is 0 Å². The zero-order chi connectivity index (χ0) is 21.0. The van der Waals surface area contributed by atoms with Crippen molar-refractivity contribution in [3.63, 3.8) is 0 Å². The molecule has 0 aromatic heterocycles. The Labute approximate surface area is 174 Å². The minimum atomic E-state index is -0.701. The summed E-state index contributed by atoms with van der Waals surface area (Å²) in [4.78, 5) is 38.9. The Bertz CT molecular complexity index is 808. The monoisotopic (exact) mass is 418 g/mol. The van der Waals surface area contributed by atoms with Crippen molar-refractivity contribution >= 4 is 29.5 Å². The summed E-state index contributed by atoms with van der Waals surface area (Å²) >= 11 is 1.45. The molecule has 8 heteroatoms. The summed E-state index contributed by atoms with van der Waals surface area (Å²) in [7, 11) is 1.61. The third-order valence-corrected chi connectivity index (χ3v) is 6.26. The molecule has 2 aliphatic heterocycles. The average Bonchev–Trinajstić information content (AvgIpc) is 2.74. The summed E-state index contributed by atoms with van der Waals surface area (Å²) in [5.74, 6) is -0.0754. The molecule has 2 amide bonds. The van der Waals surface area contributed by atoms with Crippen LogP contribution in [0, 0.1) is 0 Å². The second-order valence-corrected chi connectivity index (χ2v) is 8.09. The zero-order valence-electron chi connectivity index (χ0n) is 16.8. The van der Waals surface area contributed by atoms with Gasteiger partial charge in [-0.1, -0.05) is 19.1 Å². The van der Waals surface area contributed by atoms with Crippen LogP contribution in [-0.2, 0) is 25.5 Å². The summed E-state index contributed by atoms with van der Waals surface area (Å²) in [6.45, 7) is 4.06. The number of nitrogens with zero attached hydrogens (tertiary/aromatic N) is 1. The van der Waals surface area contributed by atoms with E-state index in [9.17, 15) is 14.4 Å². The summed E-state index contributed by atoms with van der Waals surface area (Å²) in [5.41, 5.74) is 1.80. The molecular formula is C21H26N2O5S. The lowest BCUT2D eigenvalue weighted by Crippen LogP contribution is -2.73. The first-order valence-electron chi connectivity index (χ1n) is 9.69. The van der Waals surface area contributed by atoms with E-state index in [4.69, 9.17) is 9.47 Å². The molecule has 3 atom stereocenters. The van der Waals surface area contributed by atoms with Crippen LogP contribution in [0.3, 0.4) is 0 Å². The van der Waals surface area contributed by atoms with Gasteiger partial charge in [-0.15, -0.1) is 11.8 Å². The lowest BCUT2D eigenvalue weighted by atomic mass is 9.98. The van der Waals surface area contributed by atoms with Crippen LogP contribution < -0.4 is 10.1 Å². The van der Waals surface area contributed by atoms with E-state index in [-0.39, 0.29) is 23.6 Å². The highest BCUT2D eigenvalue weighted by Gasteiger charge is 2.55. The highest BCUT2D eigenvalue weighted by Crippen LogP contribution is 2.40. The second-order valence-electron chi connectivity index (χ2n) is 7.10. The van der Waals surface area contributed by atoms with Crippen LogP contribution in [0.25, 0.3) is 0 Å². The van der Waals surface area contributed by atoms with Crippen LogP contribution in [0.2, 0.25) is 0 Å². The number of aryl methyl sites for hydroxylation is 1. The lowest BCUT2D eigenvalue weighted by Gasteiger charge is -2.51. The van der Waals surface area contributed by atoms with Crippen molar-refractivity contribution in [1.82, 2.24) is 10.2 Å². The first kappa shape index (κ1) is 21.2. The van der Waals surface area contributed by atoms with E-state index in [1.54, 1.807) is 7.11 Å². The molecule has 0 spiro atoms. The number of esters is 1. The van der Waals surface area contributed by atoms with Crippen LogP contribution in [0.1, 0.15) is 32.3 Å². The molecule has 0 bridgehead atoms. The number of fused-ring (bicyclic) bond motifs is 1. The highest BCUT2D eigenvalue weighted by molar-refractivity contribution is 8.02. The summed E-state index contributed by atoms with van der Waals surface area (Å²) in [6.07, 6.45) is 1.58. The molecule has 1 N–H and O–H groups in total. The zero-order valence-corrected chi connectivity index (χ0v) is 17.7. The number of ether oxygens (including phenoxy) is 2. The quantitative estimate of drug-likeness (QED) is 0.515. The molecule has 0 aliphatic carbocycles. The second kappa shape index (κ2) is 9.35. The maximum atomic E-state index is 12.7. The van der Waals surface area contributed by atoms with E-state index in [2.05, 4.69) is 5.32 Å². The molecule has 1 fully saturated rings. The smallest absolute Gasteiger partial charge is 0.333 e. The first-order valence-corrected chi connectivity index (χ1v) is 10.6. The maximum Gasteiger partial charge on any atom is 0.333 e. The van der Waals surface area contributed by atoms with Gasteiger partial charge in [-0.05, 0) is 48.4 Å². The Morgan fingerprint density at radius 1 is 1.24 bits per heavy atom. The third-order valence-electron chi connectivity index (χ3n) is 4.97. The molecule has 2 heterocycles. The van der Waals surface area contributed by atoms with Gasteiger partial charge in [0.15, 0.2) is 6.04 Å². The van der Waals surface area contributed by atoms with Crippen molar-refractivity contribution in [3.05, 3.63) is 40.8 Å². The van der Waals surface area contributed by atoms with Gasteiger partial charge >= 0.3 is 5.97 Å². The third kappa shape index (κ3) is 4.58. The van der Waals surface area contributed by atoms with Gasteiger partial charge in [-0.25, -0.2) is 4.79 Å². The molecule has 0 saturated carbocycles. The van der Waals surface area contributed by atoms with Crippen molar-refractivity contribution in [3.8, 4) is 5.75 Å². The SMILES string of the molecule is CCCOC(=O)C1C(C)=CS[C@@H]2[C@H](NC(=O)CCc3ccc(OC)cc3)C(=O)N12. The molecule has 156 valence electrons. The Morgan fingerprint density at radius 3 is 2.62 bits per heavy atom. The highest BCUT2D eigenvalue weighted by atomic mass is 32.2. The van der Waals surface area contributed by atoms with E-state index in [0.29, 0.717) is 13.0 Å². The van der Waals surface area contributed by atoms with Gasteiger partial charge in [0.1, 0.15) is 17.2 Å². The van der Waals surface area contributed by atoms with Crippen LogP contribution in [0.4, 0.5) is 0 Å². The number of amides is 2. The van der Waals surface area contributed by atoms with Gasteiger partial charge in [0.2, 0.25) is 11.8 Å². The number of carbonyl (C=O) groups excluding carboxylic acids is 3. The van der Waals surface area contributed by atoms with Crippen LogP contribution in [0.15, 0.2) is 35.2 Å². The van der Waals surface area contributed by atoms with Crippen LogP contribution in [-0.4, -0.2) is 53.9 Å². The number of hydrogen-bond acceptors (Lipinski definition) is 6.